The lowest BCUT2D eigenvalue weighted by molar-refractivity contribution is 0.857. The minimum absolute atomic E-state index is 0.552. The van der Waals surface area contributed by atoms with Gasteiger partial charge in [-0.1, -0.05) is 44.2 Å². The van der Waals surface area contributed by atoms with Crippen LogP contribution in [0.1, 0.15) is 30.9 Å². The topological polar surface area (TPSA) is 26.0 Å². The zero-order valence-corrected chi connectivity index (χ0v) is 10.7. The third-order valence-electron chi connectivity index (χ3n) is 3.12. The first-order chi connectivity index (χ1) is 8.08. The fraction of sp³-hybridized carbons (Fsp3) is 0.250. The molecular formula is C16H19N. The molecule has 1 heteroatoms. The summed E-state index contributed by atoms with van der Waals surface area (Å²) in [6.45, 7) is 6.62. The van der Waals surface area contributed by atoms with Crippen molar-refractivity contribution in [3.05, 3.63) is 53.6 Å². The summed E-state index contributed by atoms with van der Waals surface area (Å²) in [6.07, 6.45) is 0. The van der Waals surface area contributed by atoms with Crippen LogP contribution < -0.4 is 5.73 Å². The van der Waals surface area contributed by atoms with Crippen molar-refractivity contribution in [2.24, 2.45) is 0 Å². The summed E-state index contributed by atoms with van der Waals surface area (Å²) in [7, 11) is 0. The van der Waals surface area contributed by atoms with Crippen LogP contribution in [-0.4, -0.2) is 0 Å². The maximum absolute atomic E-state index is 5.82. The summed E-state index contributed by atoms with van der Waals surface area (Å²) in [5.74, 6) is 0.552. The number of hydrogen-bond acceptors (Lipinski definition) is 1. The number of nitrogens with two attached hydrogens (primary N) is 1. The summed E-state index contributed by atoms with van der Waals surface area (Å²) in [4.78, 5) is 0. The van der Waals surface area contributed by atoms with Gasteiger partial charge < -0.3 is 5.73 Å². The van der Waals surface area contributed by atoms with Crippen LogP contribution in [0.4, 0.5) is 5.69 Å². The second-order valence-electron chi connectivity index (χ2n) is 4.85. The van der Waals surface area contributed by atoms with Crippen molar-refractivity contribution < 1.29 is 0 Å². The van der Waals surface area contributed by atoms with Crippen LogP contribution in [0.2, 0.25) is 0 Å². The van der Waals surface area contributed by atoms with Gasteiger partial charge in [0.15, 0.2) is 0 Å². The van der Waals surface area contributed by atoms with Crippen molar-refractivity contribution in [3.8, 4) is 11.1 Å². The summed E-state index contributed by atoms with van der Waals surface area (Å²) < 4.78 is 0. The van der Waals surface area contributed by atoms with Crippen LogP contribution >= 0.6 is 0 Å². The van der Waals surface area contributed by atoms with E-state index in [-0.39, 0.29) is 0 Å². The Morgan fingerprint density at radius 2 is 1.65 bits per heavy atom. The largest absolute Gasteiger partial charge is 0.399 e. The van der Waals surface area contributed by atoms with E-state index in [0.29, 0.717) is 5.92 Å². The van der Waals surface area contributed by atoms with Crippen molar-refractivity contribution in [2.75, 3.05) is 5.73 Å². The average molecular weight is 225 g/mol. The van der Waals surface area contributed by atoms with Gasteiger partial charge in [0.25, 0.3) is 0 Å². The number of hydrogen-bond donors (Lipinski definition) is 1. The van der Waals surface area contributed by atoms with E-state index < -0.39 is 0 Å². The summed E-state index contributed by atoms with van der Waals surface area (Å²) in [6, 6.07) is 14.7. The first kappa shape index (κ1) is 11.7. The van der Waals surface area contributed by atoms with Crippen LogP contribution in [-0.2, 0) is 0 Å². The number of anilines is 1. The van der Waals surface area contributed by atoms with Crippen molar-refractivity contribution in [3.63, 3.8) is 0 Å². The van der Waals surface area contributed by atoms with Gasteiger partial charge >= 0.3 is 0 Å². The minimum atomic E-state index is 0.552. The lowest BCUT2D eigenvalue weighted by atomic mass is 9.93. The molecule has 2 aromatic rings. The maximum atomic E-state index is 5.82. The van der Waals surface area contributed by atoms with Crippen molar-refractivity contribution in [1.82, 2.24) is 0 Å². The molecule has 1 nitrogen and oxygen atoms in total. The van der Waals surface area contributed by atoms with E-state index >= 15 is 0 Å². The van der Waals surface area contributed by atoms with E-state index in [1.807, 2.05) is 18.2 Å². The molecule has 0 saturated heterocycles. The number of rotatable bonds is 2. The van der Waals surface area contributed by atoms with Gasteiger partial charge in [-0.3, -0.25) is 0 Å². The normalized spacial score (nSPS) is 10.8. The molecule has 0 heterocycles. The smallest absolute Gasteiger partial charge is 0.0320 e. The summed E-state index contributed by atoms with van der Waals surface area (Å²) in [5.41, 5.74) is 11.8. The molecule has 0 unspecified atom stereocenters. The standard InChI is InChI=1S/C16H19N/c1-11(2)16-10-14(8-7-12(16)3)13-5-4-6-15(17)9-13/h4-11H,17H2,1-3H3. The summed E-state index contributed by atoms with van der Waals surface area (Å²) in [5, 5.41) is 0. The molecule has 0 saturated carbocycles. The molecule has 0 fully saturated rings. The Morgan fingerprint density at radius 3 is 2.29 bits per heavy atom. The highest BCUT2D eigenvalue weighted by Crippen LogP contribution is 2.27. The predicted octanol–water partition coefficient (Wildman–Crippen LogP) is 4.37. The Balaban J connectivity index is 2.50. The third-order valence-corrected chi connectivity index (χ3v) is 3.12. The molecule has 0 radical (unpaired) electrons. The Morgan fingerprint density at radius 1 is 0.941 bits per heavy atom. The highest BCUT2D eigenvalue weighted by molar-refractivity contribution is 5.68. The van der Waals surface area contributed by atoms with Crippen LogP contribution in [0, 0.1) is 6.92 Å². The van der Waals surface area contributed by atoms with E-state index in [1.54, 1.807) is 0 Å². The Kier molecular flexibility index (Phi) is 3.19. The quantitative estimate of drug-likeness (QED) is 0.755. The first-order valence-electron chi connectivity index (χ1n) is 6.04. The van der Waals surface area contributed by atoms with Crippen molar-refractivity contribution in [2.45, 2.75) is 26.7 Å². The van der Waals surface area contributed by atoms with Crippen LogP contribution in [0.5, 0.6) is 0 Å². The van der Waals surface area contributed by atoms with Gasteiger partial charge in [0.1, 0.15) is 0 Å². The Labute approximate surface area is 103 Å². The van der Waals surface area contributed by atoms with Crippen LogP contribution in [0.15, 0.2) is 42.5 Å². The molecule has 0 aromatic heterocycles. The van der Waals surface area contributed by atoms with E-state index in [4.69, 9.17) is 5.73 Å². The van der Waals surface area contributed by atoms with E-state index in [1.165, 1.54) is 22.3 Å². The van der Waals surface area contributed by atoms with E-state index in [2.05, 4.69) is 45.0 Å². The molecule has 0 atom stereocenters. The molecule has 2 rings (SSSR count). The number of aryl methyl sites for hydroxylation is 1. The molecule has 88 valence electrons. The molecule has 0 amide bonds. The second kappa shape index (κ2) is 4.62. The van der Waals surface area contributed by atoms with Gasteiger partial charge in [-0.25, -0.2) is 0 Å². The fourth-order valence-corrected chi connectivity index (χ4v) is 2.16. The average Bonchev–Trinajstić information content (AvgIpc) is 2.29. The lowest BCUT2D eigenvalue weighted by Gasteiger charge is -2.12. The molecule has 17 heavy (non-hydrogen) atoms. The van der Waals surface area contributed by atoms with Gasteiger partial charge in [-0.2, -0.15) is 0 Å². The SMILES string of the molecule is Cc1ccc(-c2cccc(N)c2)cc1C(C)C. The van der Waals surface area contributed by atoms with E-state index in [0.717, 1.165) is 5.69 Å². The molecule has 2 N–H and O–H groups in total. The zero-order valence-electron chi connectivity index (χ0n) is 10.7. The monoisotopic (exact) mass is 225 g/mol. The molecule has 0 spiro atoms. The molecule has 0 aliphatic heterocycles. The van der Waals surface area contributed by atoms with Crippen molar-refractivity contribution in [1.29, 1.82) is 0 Å². The first-order valence-corrected chi connectivity index (χ1v) is 6.04. The molecule has 0 bridgehead atoms. The van der Waals surface area contributed by atoms with Gasteiger partial charge in [0.05, 0.1) is 0 Å². The van der Waals surface area contributed by atoms with Crippen LogP contribution in [0.3, 0.4) is 0 Å². The van der Waals surface area contributed by atoms with Gasteiger partial charge in [0, 0.05) is 5.69 Å². The zero-order chi connectivity index (χ0) is 12.4. The minimum Gasteiger partial charge on any atom is -0.399 e. The molecule has 0 aliphatic rings. The predicted molar refractivity (Wildman–Crippen MR) is 75.1 cm³/mol. The second-order valence-corrected chi connectivity index (χ2v) is 4.85. The number of benzene rings is 2. The van der Waals surface area contributed by atoms with Crippen LogP contribution in [0.25, 0.3) is 11.1 Å². The molecule has 0 aliphatic carbocycles. The van der Waals surface area contributed by atoms with Gasteiger partial charge in [-0.15, -0.1) is 0 Å². The Hall–Kier alpha value is -1.76. The van der Waals surface area contributed by atoms with E-state index in [9.17, 15) is 0 Å². The maximum Gasteiger partial charge on any atom is 0.0320 e. The number of nitrogen functional groups attached to an aromatic ring is 1. The fourth-order valence-electron chi connectivity index (χ4n) is 2.16. The lowest BCUT2D eigenvalue weighted by Crippen LogP contribution is -1.93. The highest BCUT2D eigenvalue weighted by Gasteiger charge is 2.06. The summed E-state index contributed by atoms with van der Waals surface area (Å²) >= 11 is 0. The van der Waals surface area contributed by atoms with Gasteiger partial charge in [-0.05, 0) is 47.2 Å². The highest BCUT2D eigenvalue weighted by atomic mass is 14.5. The third kappa shape index (κ3) is 2.50. The van der Waals surface area contributed by atoms with Gasteiger partial charge in [0.2, 0.25) is 0 Å². The molecular weight excluding hydrogens is 206 g/mol. The molecule has 2 aromatic carbocycles. The Bertz CT molecular complexity index is 527. The van der Waals surface area contributed by atoms with Crippen molar-refractivity contribution >= 4 is 5.69 Å².